The summed E-state index contributed by atoms with van der Waals surface area (Å²) in [4.78, 5) is 1.46. The number of hydrogen-bond acceptors (Lipinski definition) is 3. The fourth-order valence-corrected chi connectivity index (χ4v) is 2.96. The molecule has 2 rings (SSSR count). The Bertz CT molecular complexity index is 471. The summed E-state index contributed by atoms with van der Waals surface area (Å²) in [5.41, 5.74) is 0.229. The number of ether oxygens (including phenoxy) is 1. The predicted octanol–water partition coefficient (Wildman–Crippen LogP) is 3.81. The highest BCUT2D eigenvalue weighted by molar-refractivity contribution is 9.10. The molecule has 9 heteroatoms. The molecule has 0 unspecified atom stereocenters. The molecule has 1 atom stereocenters. The monoisotopic (exact) mass is 424 g/mol. The minimum Gasteiger partial charge on any atom is -0.496 e. The first kappa shape index (κ1) is 21.8. The van der Waals surface area contributed by atoms with Crippen LogP contribution in [0.15, 0.2) is 22.7 Å². The molecular weight excluding hydrogens is 408 g/mol. The van der Waals surface area contributed by atoms with Crippen molar-refractivity contribution in [3.63, 3.8) is 0 Å². The van der Waals surface area contributed by atoms with Crippen LogP contribution in [0.25, 0.3) is 0 Å². The standard InChI is InChI=1S/C13H16BrF3N2O.2ClH/c1-20-11-3-2-9(8-10(11)14)12(13(15,16)17)19-6-4-18-5-7-19;;/h2-3,8,12,18H,4-7H2,1H3;2*1H/t12-;;/m0../s1. The molecule has 0 aliphatic carbocycles. The normalized spacial score (nSPS) is 17.1. The van der Waals surface area contributed by atoms with Gasteiger partial charge in [0.2, 0.25) is 0 Å². The number of nitrogens with one attached hydrogen (secondary N) is 1. The molecule has 1 aliphatic heterocycles. The fourth-order valence-electron chi connectivity index (χ4n) is 2.40. The Morgan fingerprint density at radius 2 is 1.82 bits per heavy atom. The quantitative estimate of drug-likeness (QED) is 0.796. The number of rotatable bonds is 3. The highest BCUT2D eigenvalue weighted by Gasteiger charge is 2.45. The van der Waals surface area contributed by atoms with Gasteiger partial charge in [0, 0.05) is 26.2 Å². The summed E-state index contributed by atoms with van der Waals surface area (Å²) in [6.45, 7) is 1.91. The smallest absolute Gasteiger partial charge is 0.408 e. The van der Waals surface area contributed by atoms with Crippen molar-refractivity contribution in [1.82, 2.24) is 10.2 Å². The Balaban J connectivity index is 0.00000220. The average molecular weight is 426 g/mol. The topological polar surface area (TPSA) is 24.5 Å². The highest BCUT2D eigenvalue weighted by Crippen LogP contribution is 2.40. The van der Waals surface area contributed by atoms with E-state index < -0.39 is 12.2 Å². The van der Waals surface area contributed by atoms with Crippen molar-refractivity contribution in [2.24, 2.45) is 0 Å². The number of benzene rings is 1. The number of methoxy groups -OCH3 is 1. The van der Waals surface area contributed by atoms with Gasteiger partial charge in [-0.15, -0.1) is 24.8 Å². The summed E-state index contributed by atoms with van der Waals surface area (Å²) in [7, 11) is 1.48. The molecule has 1 aliphatic rings. The van der Waals surface area contributed by atoms with Crippen molar-refractivity contribution in [2.45, 2.75) is 12.2 Å². The van der Waals surface area contributed by atoms with E-state index in [9.17, 15) is 13.2 Å². The Kier molecular flexibility index (Phi) is 9.09. The second kappa shape index (κ2) is 9.17. The van der Waals surface area contributed by atoms with Crippen LogP contribution in [0.2, 0.25) is 0 Å². The summed E-state index contributed by atoms with van der Waals surface area (Å²) in [6, 6.07) is 2.94. The van der Waals surface area contributed by atoms with E-state index in [0.29, 0.717) is 36.4 Å². The lowest BCUT2D eigenvalue weighted by atomic mass is 10.0. The summed E-state index contributed by atoms with van der Waals surface area (Å²) in [5, 5.41) is 3.06. The zero-order valence-electron chi connectivity index (χ0n) is 11.8. The molecule has 0 saturated carbocycles. The van der Waals surface area contributed by atoms with Gasteiger partial charge in [-0.3, -0.25) is 4.90 Å². The fraction of sp³-hybridized carbons (Fsp3) is 0.538. The molecule has 0 spiro atoms. The third-order valence-electron chi connectivity index (χ3n) is 3.32. The highest BCUT2D eigenvalue weighted by atomic mass is 79.9. The van der Waals surface area contributed by atoms with E-state index in [2.05, 4.69) is 21.2 Å². The van der Waals surface area contributed by atoms with Gasteiger partial charge < -0.3 is 10.1 Å². The third kappa shape index (κ3) is 5.16. The van der Waals surface area contributed by atoms with Gasteiger partial charge in [0.1, 0.15) is 11.8 Å². The molecule has 1 aromatic rings. The molecule has 22 heavy (non-hydrogen) atoms. The van der Waals surface area contributed by atoms with E-state index >= 15 is 0 Å². The lowest BCUT2D eigenvalue weighted by Crippen LogP contribution is -2.49. The van der Waals surface area contributed by atoms with Crippen LogP contribution in [0, 0.1) is 0 Å². The number of nitrogens with zero attached hydrogens (tertiary/aromatic N) is 1. The maximum atomic E-state index is 13.4. The number of alkyl halides is 3. The van der Waals surface area contributed by atoms with Gasteiger partial charge in [0.05, 0.1) is 11.6 Å². The van der Waals surface area contributed by atoms with Gasteiger partial charge in [0.25, 0.3) is 0 Å². The van der Waals surface area contributed by atoms with Gasteiger partial charge in [-0.05, 0) is 33.6 Å². The largest absolute Gasteiger partial charge is 0.496 e. The number of piperazine rings is 1. The van der Waals surface area contributed by atoms with E-state index in [-0.39, 0.29) is 30.4 Å². The second-order valence-corrected chi connectivity index (χ2v) is 5.48. The summed E-state index contributed by atoms with van der Waals surface area (Å²) in [6.07, 6.45) is -4.30. The first-order valence-electron chi connectivity index (χ1n) is 6.28. The number of hydrogen-bond donors (Lipinski definition) is 1. The maximum absolute atomic E-state index is 13.4. The Morgan fingerprint density at radius 1 is 1.23 bits per heavy atom. The van der Waals surface area contributed by atoms with Crippen molar-refractivity contribution in [3.8, 4) is 5.75 Å². The maximum Gasteiger partial charge on any atom is 0.408 e. The second-order valence-electron chi connectivity index (χ2n) is 4.62. The molecule has 0 amide bonds. The zero-order valence-corrected chi connectivity index (χ0v) is 15.0. The van der Waals surface area contributed by atoms with E-state index in [1.165, 1.54) is 24.1 Å². The molecule has 0 radical (unpaired) electrons. The van der Waals surface area contributed by atoms with Crippen LogP contribution >= 0.6 is 40.7 Å². The SMILES string of the molecule is COc1ccc([C@H](N2CCNCC2)C(F)(F)F)cc1Br.Cl.Cl. The molecule has 3 nitrogen and oxygen atoms in total. The van der Waals surface area contributed by atoms with E-state index in [4.69, 9.17) is 4.74 Å². The van der Waals surface area contributed by atoms with Gasteiger partial charge in [-0.25, -0.2) is 0 Å². The molecular formula is C13H18BrCl2F3N2O. The van der Waals surface area contributed by atoms with Gasteiger partial charge in [-0.2, -0.15) is 13.2 Å². The van der Waals surface area contributed by atoms with Crippen LogP contribution in [-0.4, -0.2) is 44.4 Å². The summed E-state index contributed by atoms with van der Waals surface area (Å²) >= 11 is 3.24. The zero-order chi connectivity index (χ0) is 14.8. The Morgan fingerprint density at radius 3 is 2.27 bits per heavy atom. The Labute approximate surface area is 148 Å². The molecule has 1 fully saturated rings. The molecule has 0 bridgehead atoms. The van der Waals surface area contributed by atoms with Crippen molar-refractivity contribution in [3.05, 3.63) is 28.2 Å². The Hall–Kier alpha value is -0.210. The van der Waals surface area contributed by atoms with Crippen molar-refractivity contribution in [2.75, 3.05) is 33.3 Å². The van der Waals surface area contributed by atoms with Crippen LogP contribution in [0.3, 0.4) is 0 Å². The van der Waals surface area contributed by atoms with E-state index in [0.717, 1.165) is 0 Å². The minimum atomic E-state index is -4.30. The average Bonchev–Trinajstić information content (AvgIpc) is 2.39. The van der Waals surface area contributed by atoms with Crippen molar-refractivity contribution < 1.29 is 17.9 Å². The molecule has 1 N–H and O–H groups in total. The summed E-state index contributed by atoms with van der Waals surface area (Å²) in [5.74, 6) is 0.523. The first-order chi connectivity index (χ1) is 9.43. The van der Waals surface area contributed by atoms with Crippen LogP contribution in [0.5, 0.6) is 5.75 Å². The predicted molar refractivity (Wildman–Crippen MR) is 88.4 cm³/mol. The van der Waals surface area contributed by atoms with Gasteiger partial charge >= 0.3 is 6.18 Å². The van der Waals surface area contributed by atoms with Crippen molar-refractivity contribution in [1.29, 1.82) is 0 Å². The molecule has 1 aromatic carbocycles. The van der Waals surface area contributed by atoms with E-state index in [1.807, 2.05) is 0 Å². The van der Waals surface area contributed by atoms with Crippen molar-refractivity contribution >= 4 is 40.7 Å². The molecule has 1 heterocycles. The lowest BCUT2D eigenvalue weighted by Gasteiger charge is -2.36. The minimum absolute atomic E-state index is 0. The molecule has 128 valence electrons. The number of halogens is 6. The third-order valence-corrected chi connectivity index (χ3v) is 3.94. The van der Waals surface area contributed by atoms with Crippen LogP contribution in [-0.2, 0) is 0 Å². The lowest BCUT2D eigenvalue weighted by molar-refractivity contribution is -0.187. The van der Waals surface area contributed by atoms with Gasteiger partial charge in [-0.1, -0.05) is 6.07 Å². The summed E-state index contributed by atoms with van der Waals surface area (Å²) < 4.78 is 45.8. The van der Waals surface area contributed by atoms with Crippen LogP contribution in [0.4, 0.5) is 13.2 Å². The van der Waals surface area contributed by atoms with E-state index in [1.54, 1.807) is 6.07 Å². The van der Waals surface area contributed by atoms with Gasteiger partial charge in [0.15, 0.2) is 0 Å². The van der Waals surface area contributed by atoms with Crippen LogP contribution in [0.1, 0.15) is 11.6 Å². The molecule has 0 aromatic heterocycles. The molecule has 1 saturated heterocycles. The van der Waals surface area contributed by atoms with Crippen LogP contribution < -0.4 is 10.1 Å². The first-order valence-corrected chi connectivity index (χ1v) is 7.07.